The number of hydrogen-bond donors (Lipinski definition) is 2. The van der Waals surface area contributed by atoms with E-state index in [9.17, 15) is 9.59 Å². The highest BCUT2D eigenvalue weighted by Crippen LogP contribution is 2.21. The molecule has 6 nitrogen and oxygen atoms in total. The van der Waals surface area contributed by atoms with E-state index in [1.165, 1.54) is 6.42 Å². The molecule has 0 radical (unpaired) electrons. The van der Waals surface area contributed by atoms with E-state index < -0.39 is 0 Å². The average Bonchev–Trinajstić information content (AvgIpc) is 2.70. The first-order valence-electron chi connectivity index (χ1n) is 10.2. The number of benzene rings is 1. The molecule has 1 atom stereocenters. The molecule has 0 bridgehead atoms. The van der Waals surface area contributed by atoms with Crippen molar-refractivity contribution >= 4 is 11.8 Å². The predicted octanol–water partition coefficient (Wildman–Crippen LogP) is 2.72. The second-order valence-corrected chi connectivity index (χ2v) is 7.07. The van der Waals surface area contributed by atoms with Gasteiger partial charge in [0.15, 0.2) is 0 Å². The van der Waals surface area contributed by atoms with Gasteiger partial charge in [-0.05, 0) is 49.9 Å². The Hall–Kier alpha value is -2.08. The number of amides is 2. The van der Waals surface area contributed by atoms with Gasteiger partial charge in [-0.1, -0.05) is 19.8 Å². The van der Waals surface area contributed by atoms with Crippen molar-refractivity contribution in [3.8, 4) is 5.75 Å². The molecule has 27 heavy (non-hydrogen) atoms. The molecule has 0 aromatic heterocycles. The maximum Gasteiger partial charge on any atom is 0.254 e. The smallest absolute Gasteiger partial charge is 0.254 e. The number of ether oxygens (including phenoxy) is 1. The van der Waals surface area contributed by atoms with Crippen LogP contribution in [0.2, 0.25) is 0 Å². The van der Waals surface area contributed by atoms with Crippen molar-refractivity contribution in [3.05, 3.63) is 29.8 Å². The van der Waals surface area contributed by atoms with Crippen LogP contribution in [0.15, 0.2) is 24.3 Å². The topological polar surface area (TPSA) is 84.7 Å². The van der Waals surface area contributed by atoms with E-state index in [1.54, 1.807) is 0 Å². The van der Waals surface area contributed by atoms with Gasteiger partial charge in [-0.25, -0.2) is 0 Å². The lowest BCUT2D eigenvalue weighted by Crippen LogP contribution is -2.49. The number of rotatable bonds is 10. The van der Waals surface area contributed by atoms with Crippen LogP contribution in [0.3, 0.4) is 0 Å². The molecule has 3 N–H and O–H groups in total. The summed E-state index contributed by atoms with van der Waals surface area (Å²) in [6, 6.07) is 7.42. The predicted molar refractivity (Wildman–Crippen MR) is 107 cm³/mol. The van der Waals surface area contributed by atoms with E-state index in [4.69, 9.17) is 10.5 Å². The summed E-state index contributed by atoms with van der Waals surface area (Å²) in [6.07, 6.45) is 6.68. The van der Waals surface area contributed by atoms with E-state index in [-0.39, 0.29) is 17.9 Å². The van der Waals surface area contributed by atoms with Crippen LogP contribution >= 0.6 is 0 Å². The fraction of sp³-hybridized carbons (Fsp3) is 0.619. The molecule has 2 amide bonds. The van der Waals surface area contributed by atoms with Crippen LogP contribution < -0.4 is 15.8 Å². The number of likely N-dealkylation sites (tertiary alicyclic amines) is 1. The largest absolute Gasteiger partial charge is 0.494 e. The minimum atomic E-state index is -0.0555. The summed E-state index contributed by atoms with van der Waals surface area (Å²) in [5.41, 5.74) is 6.07. The SMILES string of the molecule is CCCCCOc1ccc(C(=O)N2CCCCC2CNC(=O)CCN)cc1. The maximum atomic E-state index is 12.9. The van der Waals surface area contributed by atoms with Crippen LogP contribution in [-0.2, 0) is 4.79 Å². The van der Waals surface area contributed by atoms with Gasteiger partial charge in [0.05, 0.1) is 6.61 Å². The van der Waals surface area contributed by atoms with E-state index >= 15 is 0 Å². The van der Waals surface area contributed by atoms with Gasteiger partial charge in [0.25, 0.3) is 5.91 Å². The van der Waals surface area contributed by atoms with Gasteiger partial charge in [-0.15, -0.1) is 0 Å². The number of carbonyl (C=O) groups excluding carboxylic acids is 2. The summed E-state index contributed by atoms with van der Waals surface area (Å²) in [5.74, 6) is 0.761. The van der Waals surface area contributed by atoms with Gasteiger partial charge in [0.1, 0.15) is 5.75 Å². The van der Waals surface area contributed by atoms with Gasteiger partial charge < -0.3 is 20.7 Å². The maximum absolute atomic E-state index is 12.9. The lowest BCUT2D eigenvalue weighted by Gasteiger charge is -2.36. The normalized spacial score (nSPS) is 16.8. The van der Waals surface area contributed by atoms with Crippen molar-refractivity contribution in [2.24, 2.45) is 5.73 Å². The van der Waals surface area contributed by atoms with Crippen LogP contribution in [0.4, 0.5) is 0 Å². The van der Waals surface area contributed by atoms with Crippen molar-refractivity contribution in [1.29, 1.82) is 0 Å². The van der Waals surface area contributed by atoms with Gasteiger partial charge in [0.2, 0.25) is 5.91 Å². The lowest BCUT2D eigenvalue weighted by molar-refractivity contribution is -0.121. The van der Waals surface area contributed by atoms with Crippen LogP contribution in [-0.4, -0.2) is 49.0 Å². The molecular formula is C21H33N3O3. The first-order chi connectivity index (χ1) is 13.2. The Morgan fingerprint density at radius 3 is 2.70 bits per heavy atom. The molecule has 2 rings (SSSR count). The summed E-state index contributed by atoms with van der Waals surface area (Å²) in [6.45, 7) is 4.43. The summed E-state index contributed by atoms with van der Waals surface area (Å²) >= 11 is 0. The van der Waals surface area contributed by atoms with Crippen LogP contribution in [0, 0.1) is 0 Å². The number of nitrogens with two attached hydrogens (primary N) is 1. The van der Waals surface area contributed by atoms with E-state index in [0.29, 0.717) is 31.7 Å². The third kappa shape index (κ3) is 6.86. The molecule has 0 aliphatic carbocycles. The molecule has 1 saturated heterocycles. The fourth-order valence-corrected chi connectivity index (χ4v) is 3.33. The van der Waals surface area contributed by atoms with Gasteiger partial charge in [-0.2, -0.15) is 0 Å². The zero-order valence-corrected chi connectivity index (χ0v) is 16.4. The molecule has 0 spiro atoms. The molecular weight excluding hydrogens is 342 g/mol. The summed E-state index contributed by atoms with van der Waals surface area (Å²) in [5, 5.41) is 2.90. The highest BCUT2D eigenvalue weighted by molar-refractivity contribution is 5.94. The highest BCUT2D eigenvalue weighted by atomic mass is 16.5. The second-order valence-electron chi connectivity index (χ2n) is 7.07. The summed E-state index contributed by atoms with van der Waals surface area (Å²) < 4.78 is 5.71. The van der Waals surface area contributed by atoms with E-state index in [1.807, 2.05) is 29.2 Å². The Morgan fingerprint density at radius 1 is 1.22 bits per heavy atom. The molecule has 0 saturated carbocycles. The summed E-state index contributed by atoms with van der Waals surface area (Å²) in [4.78, 5) is 26.5. The molecule has 1 unspecified atom stereocenters. The molecule has 1 aliphatic heterocycles. The van der Waals surface area contributed by atoms with Crippen molar-refractivity contribution in [1.82, 2.24) is 10.2 Å². The molecule has 150 valence electrons. The van der Waals surface area contributed by atoms with E-state index in [2.05, 4.69) is 12.2 Å². The number of unbranched alkanes of at least 4 members (excludes halogenated alkanes) is 2. The molecule has 1 aromatic rings. The monoisotopic (exact) mass is 375 g/mol. The first kappa shape index (κ1) is 21.2. The zero-order valence-electron chi connectivity index (χ0n) is 16.4. The van der Waals surface area contributed by atoms with Crippen molar-refractivity contribution in [2.45, 2.75) is 57.9 Å². The zero-order chi connectivity index (χ0) is 19.5. The standard InChI is InChI=1S/C21H33N3O3/c1-2-3-6-15-27-19-10-8-17(9-11-19)21(26)24-14-5-4-7-18(24)16-23-20(25)12-13-22/h8-11,18H,2-7,12-16,22H2,1H3,(H,23,25). The minimum Gasteiger partial charge on any atom is -0.494 e. The van der Waals surface area contributed by atoms with Crippen molar-refractivity contribution in [3.63, 3.8) is 0 Å². The number of hydrogen-bond acceptors (Lipinski definition) is 4. The average molecular weight is 376 g/mol. The Kier molecular flexibility index (Phi) is 9.11. The summed E-state index contributed by atoms with van der Waals surface area (Å²) in [7, 11) is 0. The molecule has 1 aliphatic rings. The van der Waals surface area contributed by atoms with Crippen LogP contribution in [0.1, 0.15) is 62.2 Å². The number of carbonyl (C=O) groups is 2. The number of nitrogens with one attached hydrogen (secondary N) is 1. The van der Waals surface area contributed by atoms with Crippen molar-refractivity contribution in [2.75, 3.05) is 26.2 Å². The van der Waals surface area contributed by atoms with Crippen LogP contribution in [0.5, 0.6) is 5.75 Å². The highest BCUT2D eigenvalue weighted by Gasteiger charge is 2.27. The number of piperidine rings is 1. The lowest BCUT2D eigenvalue weighted by atomic mass is 10.0. The molecule has 1 fully saturated rings. The Morgan fingerprint density at radius 2 is 2.00 bits per heavy atom. The van der Waals surface area contributed by atoms with Gasteiger partial charge in [-0.3, -0.25) is 9.59 Å². The van der Waals surface area contributed by atoms with Gasteiger partial charge in [0, 0.05) is 37.7 Å². The Balaban J connectivity index is 1.91. The molecule has 6 heteroatoms. The molecule has 1 aromatic carbocycles. The third-order valence-electron chi connectivity index (χ3n) is 4.91. The van der Waals surface area contributed by atoms with Gasteiger partial charge >= 0.3 is 0 Å². The van der Waals surface area contributed by atoms with Crippen LogP contribution in [0.25, 0.3) is 0 Å². The Labute approximate surface area is 162 Å². The quantitative estimate of drug-likeness (QED) is 0.616. The minimum absolute atomic E-state index is 0.0188. The molecule has 1 heterocycles. The fourth-order valence-electron chi connectivity index (χ4n) is 3.33. The first-order valence-corrected chi connectivity index (χ1v) is 10.2. The Bertz CT molecular complexity index is 589. The second kappa shape index (κ2) is 11.6. The van der Waals surface area contributed by atoms with Crippen molar-refractivity contribution < 1.29 is 14.3 Å². The van der Waals surface area contributed by atoms with E-state index in [0.717, 1.165) is 44.4 Å². The third-order valence-corrected chi connectivity index (χ3v) is 4.91. The number of nitrogens with zero attached hydrogens (tertiary/aromatic N) is 1.